The van der Waals surface area contributed by atoms with E-state index in [-0.39, 0.29) is 5.78 Å². The Kier molecular flexibility index (Phi) is 4.21. The molecular formula is C13H18O3. The zero-order valence-corrected chi connectivity index (χ0v) is 9.90. The van der Waals surface area contributed by atoms with Crippen LogP contribution >= 0.6 is 0 Å². The minimum absolute atomic E-state index is 0.0180. The van der Waals surface area contributed by atoms with Gasteiger partial charge in [0, 0.05) is 12.0 Å². The van der Waals surface area contributed by atoms with E-state index in [2.05, 4.69) is 0 Å². The molecule has 2 unspecified atom stereocenters. The highest BCUT2D eigenvalue weighted by Gasteiger charge is 2.12. The van der Waals surface area contributed by atoms with Gasteiger partial charge in [-0.05, 0) is 37.1 Å². The fraction of sp³-hybridized carbons (Fsp3) is 0.462. The Bertz CT molecular complexity index is 355. The van der Waals surface area contributed by atoms with Gasteiger partial charge in [0.25, 0.3) is 0 Å². The highest BCUT2D eigenvalue weighted by molar-refractivity contribution is 5.96. The Morgan fingerprint density at radius 2 is 1.56 bits per heavy atom. The minimum atomic E-state index is -0.637. The molecule has 0 aromatic heterocycles. The van der Waals surface area contributed by atoms with Gasteiger partial charge in [-0.3, -0.25) is 4.79 Å². The normalized spacial score (nSPS) is 14.6. The number of carbonyl (C=O) groups is 1. The van der Waals surface area contributed by atoms with Crippen LogP contribution < -0.4 is 0 Å². The van der Waals surface area contributed by atoms with Crippen molar-refractivity contribution < 1.29 is 15.0 Å². The highest BCUT2D eigenvalue weighted by atomic mass is 16.3. The van der Waals surface area contributed by atoms with Crippen LogP contribution in [0.3, 0.4) is 0 Å². The zero-order valence-electron chi connectivity index (χ0n) is 9.90. The van der Waals surface area contributed by atoms with E-state index in [1.807, 2.05) is 0 Å². The minimum Gasteiger partial charge on any atom is -0.389 e. The number of rotatable bonds is 4. The Morgan fingerprint density at radius 3 is 1.88 bits per heavy atom. The number of benzene rings is 1. The number of hydrogen-bond donors (Lipinski definition) is 2. The summed E-state index contributed by atoms with van der Waals surface area (Å²) < 4.78 is 0. The summed E-state index contributed by atoms with van der Waals surface area (Å²) in [5, 5.41) is 19.0. The molecule has 0 aliphatic carbocycles. The molecule has 0 saturated heterocycles. The monoisotopic (exact) mass is 222 g/mol. The molecule has 2 atom stereocenters. The molecule has 0 aliphatic heterocycles. The fourth-order valence-corrected chi connectivity index (χ4v) is 1.52. The van der Waals surface area contributed by atoms with Gasteiger partial charge in [0.15, 0.2) is 5.78 Å². The average molecular weight is 222 g/mol. The molecule has 3 heteroatoms. The number of hydrogen-bond acceptors (Lipinski definition) is 3. The van der Waals surface area contributed by atoms with Crippen molar-refractivity contribution in [2.75, 3.05) is 0 Å². The van der Waals surface area contributed by atoms with Crippen molar-refractivity contribution in [2.45, 2.75) is 39.4 Å². The Labute approximate surface area is 95.7 Å². The van der Waals surface area contributed by atoms with Crippen LogP contribution in [0.15, 0.2) is 18.2 Å². The van der Waals surface area contributed by atoms with Crippen LogP contribution in [0.4, 0.5) is 0 Å². The van der Waals surface area contributed by atoms with E-state index in [0.717, 1.165) is 0 Å². The predicted molar refractivity (Wildman–Crippen MR) is 62.3 cm³/mol. The molecule has 16 heavy (non-hydrogen) atoms. The van der Waals surface area contributed by atoms with Crippen LogP contribution in [0.25, 0.3) is 0 Å². The number of Topliss-reactive ketones (excluding diaryl/α,β-unsaturated/α-hetero) is 1. The lowest BCUT2D eigenvalue weighted by molar-refractivity contribution is 0.0987. The third kappa shape index (κ3) is 2.90. The van der Waals surface area contributed by atoms with Gasteiger partial charge in [-0.25, -0.2) is 0 Å². The van der Waals surface area contributed by atoms with Crippen LogP contribution in [0, 0.1) is 0 Å². The number of ketones is 1. The second-order valence-corrected chi connectivity index (χ2v) is 4.02. The Balaban J connectivity index is 3.24. The molecule has 0 spiro atoms. The van der Waals surface area contributed by atoms with Gasteiger partial charge in [-0.2, -0.15) is 0 Å². The summed E-state index contributed by atoms with van der Waals surface area (Å²) in [7, 11) is 0. The fourth-order valence-electron chi connectivity index (χ4n) is 1.52. The summed E-state index contributed by atoms with van der Waals surface area (Å²) >= 11 is 0. The van der Waals surface area contributed by atoms with E-state index in [0.29, 0.717) is 23.1 Å². The first-order chi connectivity index (χ1) is 7.45. The second kappa shape index (κ2) is 5.23. The molecule has 0 fully saturated rings. The van der Waals surface area contributed by atoms with Gasteiger partial charge in [-0.15, -0.1) is 0 Å². The van der Waals surface area contributed by atoms with Crippen molar-refractivity contribution in [1.29, 1.82) is 0 Å². The standard InChI is InChI=1S/C13H18O3/c1-4-13(16)12-6-10(8(2)14)5-11(7-12)9(3)15/h5-9,14-15H,4H2,1-3H3. The van der Waals surface area contributed by atoms with Crippen molar-refractivity contribution in [2.24, 2.45) is 0 Å². The molecule has 1 aromatic rings. The van der Waals surface area contributed by atoms with Crippen LogP contribution in [-0.2, 0) is 0 Å². The molecule has 1 aromatic carbocycles. The topological polar surface area (TPSA) is 57.5 Å². The molecule has 1 rings (SSSR count). The maximum Gasteiger partial charge on any atom is 0.162 e. The summed E-state index contributed by atoms with van der Waals surface area (Å²) in [4.78, 5) is 11.6. The largest absolute Gasteiger partial charge is 0.389 e. The average Bonchev–Trinajstić information content (AvgIpc) is 2.27. The zero-order chi connectivity index (χ0) is 12.3. The molecular weight excluding hydrogens is 204 g/mol. The molecule has 3 nitrogen and oxygen atoms in total. The van der Waals surface area contributed by atoms with Gasteiger partial charge >= 0.3 is 0 Å². The highest BCUT2D eigenvalue weighted by Crippen LogP contribution is 2.22. The van der Waals surface area contributed by atoms with E-state index in [1.54, 1.807) is 39.0 Å². The molecule has 0 aliphatic rings. The van der Waals surface area contributed by atoms with Gasteiger partial charge in [0.1, 0.15) is 0 Å². The maximum atomic E-state index is 11.6. The molecule has 0 bridgehead atoms. The van der Waals surface area contributed by atoms with E-state index in [9.17, 15) is 15.0 Å². The SMILES string of the molecule is CCC(=O)c1cc(C(C)O)cc(C(C)O)c1. The van der Waals surface area contributed by atoms with E-state index >= 15 is 0 Å². The van der Waals surface area contributed by atoms with Crippen molar-refractivity contribution in [3.63, 3.8) is 0 Å². The third-order valence-electron chi connectivity index (χ3n) is 2.59. The second-order valence-electron chi connectivity index (χ2n) is 4.02. The predicted octanol–water partition coefficient (Wildman–Crippen LogP) is 2.39. The maximum absolute atomic E-state index is 11.6. The summed E-state index contributed by atoms with van der Waals surface area (Å²) in [6.07, 6.45) is -0.855. The van der Waals surface area contributed by atoms with Gasteiger partial charge in [0.05, 0.1) is 12.2 Å². The van der Waals surface area contributed by atoms with Crippen molar-refractivity contribution >= 4 is 5.78 Å². The van der Waals surface area contributed by atoms with Crippen LogP contribution in [0.2, 0.25) is 0 Å². The van der Waals surface area contributed by atoms with Crippen molar-refractivity contribution in [3.05, 3.63) is 34.9 Å². The van der Waals surface area contributed by atoms with Crippen LogP contribution in [0.5, 0.6) is 0 Å². The van der Waals surface area contributed by atoms with Crippen LogP contribution in [-0.4, -0.2) is 16.0 Å². The lowest BCUT2D eigenvalue weighted by atomic mass is 9.97. The van der Waals surface area contributed by atoms with Gasteiger partial charge in [0.2, 0.25) is 0 Å². The molecule has 0 heterocycles. The van der Waals surface area contributed by atoms with Gasteiger partial charge < -0.3 is 10.2 Å². The number of carbonyl (C=O) groups excluding carboxylic acids is 1. The summed E-state index contributed by atoms with van der Waals surface area (Å²) in [5.74, 6) is 0.0180. The Morgan fingerprint density at radius 1 is 1.12 bits per heavy atom. The molecule has 0 amide bonds. The van der Waals surface area contributed by atoms with E-state index < -0.39 is 12.2 Å². The Hall–Kier alpha value is -1.19. The first kappa shape index (κ1) is 12.9. The smallest absolute Gasteiger partial charge is 0.162 e. The number of aliphatic hydroxyl groups excluding tert-OH is 2. The lowest BCUT2D eigenvalue weighted by Crippen LogP contribution is -2.03. The van der Waals surface area contributed by atoms with Gasteiger partial charge in [-0.1, -0.05) is 13.0 Å². The van der Waals surface area contributed by atoms with E-state index in [1.165, 1.54) is 0 Å². The third-order valence-corrected chi connectivity index (χ3v) is 2.59. The van der Waals surface area contributed by atoms with Crippen molar-refractivity contribution in [1.82, 2.24) is 0 Å². The van der Waals surface area contributed by atoms with E-state index in [4.69, 9.17) is 0 Å². The molecule has 2 N–H and O–H groups in total. The first-order valence-corrected chi connectivity index (χ1v) is 5.50. The molecule has 0 radical (unpaired) electrons. The quantitative estimate of drug-likeness (QED) is 0.769. The number of aliphatic hydroxyl groups is 2. The molecule has 88 valence electrons. The first-order valence-electron chi connectivity index (χ1n) is 5.50. The summed E-state index contributed by atoms with van der Waals surface area (Å²) in [6.45, 7) is 5.07. The van der Waals surface area contributed by atoms with Crippen LogP contribution in [0.1, 0.15) is 60.9 Å². The summed E-state index contributed by atoms with van der Waals surface area (Å²) in [6, 6.07) is 5.09. The lowest BCUT2D eigenvalue weighted by Gasteiger charge is -2.12. The molecule has 0 saturated carbocycles. The summed E-state index contributed by atoms with van der Waals surface area (Å²) in [5.41, 5.74) is 1.88. The van der Waals surface area contributed by atoms with Crippen molar-refractivity contribution in [3.8, 4) is 0 Å².